The molecule has 0 aromatic carbocycles. The fourth-order valence-electron chi connectivity index (χ4n) is 4.93. The number of hydrogen-bond donors (Lipinski definition) is 2. The third-order valence-electron chi connectivity index (χ3n) is 6.83. The van der Waals surface area contributed by atoms with Crippen LogP contribution in [0.1, 0.15) is 70.2 Å². The zero-order valence-corrected chi connectivity index (χ0v) is 22.5. The van der Waals surface area contributed by atoms with E-state index in [-0.39, 0.29) is 12.1 Å². The van der Waals surface area contributed by atoms with Crippen LogP contribution < -0.4 is 20.7 Å². The van der Waals surface area contributed by atoms with Crippen molar-refractivity contribution >= 4 is 17.3 Å². The number of piperidine rings is 1. The van der Waals surface area contributed by atoms with E-state index >= 15 is 0 Å². The lowest BCUT2D eigenvalue weighted by atomic mass is 9.96. The molecular weight excluding hydrogens is 452 g/mol. The van der Waals surface area contributed by atoms with Crippen LogP contribution in [0.4, 0.5) is 11.6 Å². The van der Waals surface area contributed by atoms with Gasteiger partial charge >= 0.3 is 6.01 Å². The average Bonchev–Trinajstić information content (AvgIpc) is 3.23. The third kappa shape index (κ3) is 6.43. The highest BCUT2D eigenvalue weighted by Crippen LogP contribution is 2.26. The molecule has 36 heavy (non-hydrogen) atoms. The molecule has 1 aliphatic heterocycles. The van der Waals surface area contributed by atoms with Gasteiger partial charge in [0.2, 0.25) is 0 Å². The van der Waals surface area contributed by atoms with Crippen molar-refractivity contribution in [3.8, 4) is 6.01 Å². The third-order valence-corrected chi connectivity index (χ3v) is 6.83. The molecule has 4 heterocycles. The van der Waals surface area contributed by atoms with Crippen LogP contribution in [-0.2, 0) is 6.42 Å². The fraction of sp³-hybridized carbons (Fsp3) is 0.630. The Labute approximate surface area is 214 Å². The lowest BCUT2D eigenvalue weighted by Crippen LogP contribution is -2.38. The molecule has 9 nitrogen and oxygen atoms in total. The van der Waals surface area contributed by atoms with E-state index in [0.717, 1.165) is 62.0 Å². The molecule has 1 aliphatic rings. The van der Waals surface area contributed by atoms with Crippen molar-refractivity contribution in [3.63, 3.8) is 0 Å². The molecule has 1 atom stereocenters. The number of aromatic nitrogens is 5. The van der Waals surface area contributed by atoms with Crippen molar-refractivity contribution < 1.29 is 4.74 Å². The van der Waals surface area contributed by atoms with Gasteiger partial charge in [-0.2, -0.15) is 4.98 Å². The minimum atomic E-state index is 0.0274. The highest BCUT2D eigenvalue weighted by molar-refractivity contribution is 5.60. The number of ether oxygens (including phenoxy) is 1. The molecule has 3 aromatic heterocycles. The molecule has 0 saturated carbocycles. The van der Waals surface area contributed by atoms with E-state index in [1.54, 1.807) is 10.7 Å². The van der Waals surface area contributed by atoms with Crippen molar-refractivity contribution in [2.45, 2.75) is 72.8 Å². The number of rotatable bonds is 11. The molecule has 1 saturated heterocycles. The minimum Gasteiger partial charge on any atom is -0.459 e. The first kappa shape index (κ1) is 26.1. The maximum atomic E-state index is 6.15. The predicted octanol–water partition coefficient (Wildman–Crippen LogP) is 4.03. The van der Waals surface area contributed by atoms with Crippen LogP contribution in [0.3, 0.4) is 0 Å². The Hall–Kier alpha value is -2.94. The Bertz CT molecular complexity index is 1140. The highest BCUT2D eigenvalue weighted by Gasteiger charge is 2.21. The van der Waals surface area contributed by atoms with Gasteiger partial charge < -0.3 is 20.7 Å². The first-order chi connectivity index (χ1) is 17.3. The Morgan fingerprint density at radius 1 is 1.17 bits per heavy atom. The molecule has 0 amide bonds. The van der Waals surface area contributed by atoms with Crippen LogP contribution in [0.2, 0.25) is 0 Å². The number of anilines is 2. The van der Waals surface area contributed by atoms with Crippen molar-refractivity contribution in [1.82, 2.24) is 29.9 Å². The van der Waals surface area contributed by atoms with Crippen LogP contribution in [0.15, 0.2) is 18.5 Å². The Morgan fingerprint density at radius 3 is 2.64 bits per heavy atom. The summed E-state index contributed by atoms with van der Waals surface area (Å²) in [7, 11) is 0. The number of pyridine rings is 1. The molecule has 1 unspecified atom stereocenters. The second-order valence-electron chi connectivity index (χ2n) is 10.6. The normalized spacial score (nSPS) is 15.7. The van der Waals surface area contributed by atoms with Crippen LogP contribution in [0.25, 0.3) is 5.65 Å². The predicted molar refractivity (Wildman–Crippen MR) is 145 cm³/mol. The summed E-state index contributed by atoms with van der Waals surface area (Å²) >= 11 is 0. The number of nitrogens with one attached hydrogen (secondary N) is 1. The van der Waals surface area contributed by atoms with E-state index in [4.69, 9.17) is 15.5 Å². The van der Waals surface area contributed by atoms with Gasteiger partial charge in [-0.1, -0.05) is 33.3 Å². The van der Waals surface area contributed by atoms with Crippen molar-refractivity contribution in [1.29, 1.82) is 0 Å². The van der Waals surface area contributed by atoms with E-state index < -0.39 is 0 Å². The molecule has 3 N–H and O–H groups in total. The zero-order valence-electron chi connectivity index (χ0n) is 22.5. The molecule has 9 heteroatoms. The number of nitrogens with two attached hydrogens (primary N) is 1. The van der Waals surface area contributed by atoms with Gasteiger partial charge in [0, 0.05) is 25.7 Å². The molecule has 3 aromatic rings. The van der Waals surface area contributed by atoms with Crippen molar-refractivity contribution in [3.05, 3.63) is 35.3 Å². The van der Waals surface area contributed by atoms with Crippen LogP contribution in [-0.4, -0.2) is 56.8 Å². The number of nitrogen functional groups attached to an aromatic ring is 1. The summed E-state index contributed by atoms with van der Waals surface area (Å²) in [6.07, 6.45) is 8.84. The van der Waals surface area contributed by atoms with Crippen LogP contribution in [0, 0.1) is 18.8 Å². The second-order valence-corrected chi connectivity index (χ2v) is 10.6. The van der Waals surface area contributed by atoms with Crippen LogP contribution >= 0.6 is 0 Å². The minimum absolute atomic E-state index is 0.0274. The van der Waals surface area contributed by atoms with Gasteiger partial charge in [-0.05, 0) is 69.2 Å². The highest BCUT2D eigenvalue weighted by atomic mass is 16.5. The first-order valence-electron chi connectivity index (χ1n) is 13.4. The quantitative estimate of drug-likeness (QED) is 0.411. The molecule has 0 spiro atoms. The maximum absolute atomic E-state index is 6.15. The largest absolute Gasteiger partial charge is 0.459 e. The summed E-state index contributed by atoms with van der Waals surface area (Å²) in [5.41, 5.74) is 9.94. The maximum Gasteiger partial charge on any atom is 0.336 e. The van der Waals surface area contributed by atoms with Gasteiger partial charge in [0.15, 0.2) is 11.5 Å². The molecule has 0 bridgehead atoms. The fourth-order valence-corrected chi connectivity index (χ4v) is 4.93. The Morgan fingerprint density at radius 2 is 1.94 bits per heavy atom. The number of aryl methyl sites for hydroxylation is 1. The van der Waals surface area contributed by atoms with Gasteiger partial charge in [-0.25, -0.2) is 14.5 Å². The van der Waals surface area contributed by atoms with Gasteiger partial charge in [-0.3, -0.25) is 0 Å². The topological polar surface area (TPSA) is 106 Å². The average molecular weight is 495 g/mol. The van der Waals surface area contributed by atoms with Gasteiger partial charge in [0.05, 0.1) is 18.0 Å². The summed E-state index contributed by atoms with van der Waals surface area (Å²) in [6.45, 7) is 15.1. The summed E-state index contributed by atoms with van der Waals surface area (Å²) in [5.74, 6) is 2.87. The van der Waals surface area contributed by atoms with Gasteiger partial charge in [0.25, 0.3) is 0 Å². The SMILES string of the molecule is CCCC(C)Oc1nc(N)c2ncc(Cc3cnc(N4CCC(CNCC(C)C)CC4)c(C)c3)n2n1. The second kappa shape index (κ2) is 11.9. The van der Waals surface area contributed by atoms with Crippen LogP contribution in [0.5, 0.6) is 6.01 Å². The van der Waals surface area contributed by atoms with Crippen molar-refractivity contribution in [2.75, 3.05) is 36.8 Å². The zero-order chi connectivity index (χ0) is 25.7. The Balaban J connectivity index is 1.42. The smallest absolute Gasteiger partial charge is 0.336 e. The summed E-state index contributed by atoms with van der Waals surface area (Å²) in [4.78, 5) is 16.0. The molecule has 0 radical (unpaired) electrons. The standard InChI is InChI=1S/C27H42N8O/c1-6-7-20(5)36-27-32-24(28)26-31-17-23(35(26)33-27)13-22-12-19(4)25(30-16-22)34-10-8-21(9-11-34)15-29-14-18(2)3/h12,16-18,20-21,29H,6-11,13-15H2,1-5H3,(H2,28,32,33). The van der Waals surface area contributed by atoms with E-state index in [1.165, 1.54) is 18.4 Å². The summed E-state index contributed by atoms with van der Waals surface area (Å²) in [5, 5.41) is 8.19. The van der Waals surface area contributed by atoms with E-state index in [2.05, 4.69) is 59.0 Å². The summed E-state index contributed by atoms with van der Waals surface area (Å²) < 4.78 is 7.63. The number of imidazole rings is 1. The Kier molecular flexibility index (Phi) is 8.61. The monoisotopic (exact) mass is 494 g/mol. The molecule has 0 aliphatic carbocycles. The number of fused-ring (bicyclic) bond motifs is 1. The first-order valence-corrected chi connectivity index (χ1v) is 13.4. The molecule has 196 valence electrons. The van der Waals surface area contributed by atoms with E-state index in [0.29, 0.717) is 23.8 Å². The molecular formula is C27H42N8O. The van der Waals surface area contributed by atoms with E-state index in [1.807, 2.05) is 13.1 Å². The number of nitrogens with zero attached hydrogens (tertiary/aromatic N) is 6. The lowest BCUT2D eigenvalue weighted by Gasteiger charge is -2.34. The summed E-state index contributed by atoms with van der Waals surface area (Å²) in [6, 6.07) is 2.51. The van der Waals surface area contributed by atoms with E-state index in [9.17, 15) is 0 Å². The molecule has 4 rings (SSSR count). The lowest BCUT2D eigenvalue weighted by molar-refractivity contribution is 0.189. The number of hydrogen-bond acceptors (Lipinski definition) is 8. The van der Waals surface area contributed by atoms with Gasteiger partial charge in [-0.15, -0.1) is 5.10 Å². The van der Waals surface area contributed by atoms with Gasteiger partial charge in [0.1, 0.15) is 5.82 Å². The molecule has 1 fully saturated rings. The van der Waals surface area contributed by atoms with Crippen molar-refractivity contribution in [2.24, 2.45) is 11.8 Å².